The molecule has 2 aromatic rings. The van der Waals surface area contributed by atoms with E-state index in [1.807, 2.05) is 0 Å². The molecule has 4 rings (SSSR count). The normalized spacial score (nSPS) is 22.7. The quantitative estimate of drug-likeness (QED) is 0.688. The molecule has 0 bridgehead atoms. The molecule has 1 aliphatic heterocycles. The highest BCUT2D eigenvalue weighted by Gasteiger charge is 2.70. The van der Waals surface area contributed by atoms with Gasteiger partial charge in [-0.15, -0.1) is 0 Å². The van der Waals surface area contributed by atoms with Crippen LogP contribution in [0.2, 0.25) is 5.02 Å². The lowest BCUT2D eigenvalue weighted by Crippen LogP contribution is -2.48. The Kier molecular flexibility index (Phi) is 5.28. The van der Waals surface area contributed by atoms with Crippen LogP contribution in [0.15, 0.2) is 41.6 Å². The minimum atomic E-state index is -4.84. The molecule has 2 aliphatic rings. The van der Waals surface area contributed by atoms with E-state index in [9.17, 15) is 36.3 Å². The van der Waals surface area contributed by atoms with Crippen LogP contribution in [0.1, 0.15) is 19.3 Å². The number of hydrogen-bond donors (Lipinski definition) is 1. The maximum absolute atomic E-state index is 13.4. The monoisotopic (exact) mass is 491 g/mol. The SMILES string of the molecule is O=C(O)[C@H]1C[C@@H](S(=O)(=O)c2ccc(-n3cccn3)cc2Cl)CN1C(=O)C1(C(F)(F)F)CC1. The number of aromatic nitrogens is 2. The van der Waals surface area contributed by atoms with Gasteiger partial charge in [-0.05, 0) is 43.5 Å². The molecule has 1 aliphatic carbocycles. The van der Waals surface area contributed by atoms with Gasteiger partial charge < -0.3 is 10.0 Å². The zero-order valence-corrected chi connectivity index (χ0v) is 17.9. The molecule has 2 atom stereocenters. The van der Waals surface area contributed by atoms with Crippen molar-refractivity contribution >= 4 is 33.3 Å². The summed E-state index contributed by atoms with van der Waals surface area (Å²) in [6.07, 6.45) is -3.13. The third-order valence-electron chi connectivity index (χ3n) is 5.94. The number of hydrogen-bond acceptors (Lipinski definition) is 5. The number of sulfone groups is 1. The van der Waals surface area contributed by atoms with E-state index in [2.05, 4.69) is 5.10 Å². The van der Waals surface area contributed by atoms with Crippen molar-refractivity contribution in [3.63, 3.8) is 0 Å². The third-order valence-corrected chi connectivity index (χ3v) is 8.55. The van der Waals surface area contributed by atoms with Gasteiger partial charge in [0.25, 0.3) is 0 Å². The van der Waals surface area contributed by atoms with E-state index in [1.165, 1.54) is 29.1 Å². The molecular weight excluding hydrogens is 475 g/mol. The summed E-state index contributed by atoms with van der Waals surface area (Å²) in [5, 5.41) is 11.9. The first kappa shape index (κ1) is 22.6. The molecular formula is C19H17ClF3N3O5S. The second-order valence-electron chi connectivity index (χ2n) is 7.86. The van der Waals surface area contributed by atoms with Crippen molar-refractivity contribution in [1.82, 2.24) is 14.7 Å². The summed E-state index contributed by atoms with van der Waals surface area (Å²) in [6.45, 7) is -0.660. The number of likely N-dealkylation sites (tertiary alicyclic amines) is 1. The Morgan fingerprint density at radius 3 is 2.44 bits per heavy atom. The fourth-order valence-electron chi connectivity index (χ4n) is 3.96. The Hall–Kier alpha value is -2.60. The van der Waals surface area contributed by atoms with E-state index in [-0.39, 0.29) is 9.92 Å². The Labute approximate surface area is 185 Å². The number of alkyl halides is 3. The maximum Gasteiger partial charge on any atom is 0.403 e. The predicted octanol–water partition coefficient (Wildman–Crippen LogP) is 2.70. The smallest absolute Gasteiger partial charge is 0.403 e. The van der Waals surface area contributed by atoms with Gasteiger partial charge in [0.1, 0.15) is 11.5 Å². The number of carboxylic acid groups (broad SMARTS) is 1. The summed E-state index contributed by atoms with van der Waals surface area (Å²) in [7, 11) is -4.25. The zero-order chi connectivity index (χ0) is 23.5. The fourth-order valence-corrected chi connectivity index (χ4v) is 6.20. The van der Waals surface area contributed by atoms with E-state index in [0.29, 0.717) is 10.6 Å². The molecule has 2 heterocycles. The van der Waals surface area contributed by atoms with Crippen LogP contribution in [0.3, 0.4) is 0 Å². The lowest BCUT2D eigenvalue weighted by molar-refractivity contribution is -0.199. The number of carboxylic acids is 1. The number of nitrogens with zero attached hydrogens (tertiary/aromatic N) is 3. The van der Waals surface area contributed by atoms with Crippen LogP contribution in [0.4, 0.5) is 13.2 Å². The molecule has 0 unspecified atom stereocenters. The van der Waals surface area contributed by atoms with E-state index in [4.69, 9.17) is 11.6 Å². The van der Waals surface area contributed by atoms with Crippen LogP contribution in [-0.4, -0.2) is 64.1 Å². The standard InChI is InChI=1S/C19H17ClF3N3O5S/c20-13-8-11(26-7-1-6-24-26)2-3-15(13)32(30,31)12-9-14(16(27)28)25(10-12)17(29)18(4-5-18)19(21,22)23/h1-3,6-8,12,14H,4-5,9-10H2,(H,27,28)/t12-,14-/m1/s1. The summed E-state index contributed by atoms with van der Waals surface area (Å²) in [5.74, 6) is -2.95. The highest BCUT2D eigenvalue weighted by Crippen LogP contribution is 2.59. The number of aliphatic carboxylic acids is 1. The van der Waals surface area contributed by atoms with Gasteiger partial charge in [0.05, 0.1) is 20.9 Å². The molecule has 1 saturated heterocycles. The molecule has 13 heteroatoms. The van der Waals surface area contributed by atoms with Gasteiger partial charge in [0.15, 0.2) is 9.84 Å². The largest absolute Gasteiger partial charge is 0.480 e. The van der Waals surface area contributed by atoms with Crippen molar-refractivity contribution in [3.8, 4) is 5.69 Å². The number of carbonyl (C=O) groups excluding carboxylic acids is 1. The average Bonchev–Trinajstić information content (AvgIpc) is 3.14. The van der Waals surface area contributed by atoms with Crippen LogP contribution in [0.25, 0.3) is 5.69 Å². The molecule has 0 spiro atoms. The van der Waals surface area contributed by atoms with Gasteiger partial charge in [-0.1, -0.05) is 11.6 Å². The second-order valence-corrected chi connectivity index (χ2v) is 10.5. The minimum absolute atomic E-state index is 0.149. The number of rotatable bonds is 5. The van der Waals surface area contributed by atoms with E-state index in [1.54, 1.807) is 12.3 Å². The van der Waals surface area contributed by atoms with Gasteiger partial charge in [-0.25, -0.2) is 17.9 Å². The topological polar surface area (TPSA) is 110 Å². The van der Waals surface area contributed by atoms with Gasteiger partial charge in [-0.3, -0.25) is 4.79 Å². The highest BCUT2D eigenvalue weighted by atomic mass is 35.5. The molecule has 32 heavy (non-hydrogen) atoms. The molecule has 0 radical (unpaired) electrons. The third kappa shape index (κ3) is 3.54. The molecule has 1 N–H and O–H groups in total. The fraction of sp³-hybridized carbons (Fsp3) is 0.421. The van der Waals surface area contributed by atoms with Crippen LogP contribution >= 0.6 is 11.6 Å². The van der Waals surface area contributed by atoms with Crippen molar-refractivity contribution < 1.29 is 36.3 Å². The lowest BCUT2D eigenvalue weighted by atomic mass is 10.0. The first-order chi connectivity index (χ1) is 14.9. The van der Waals surface area contributed by atoms with Gasteiger partial charge in [0.2, 0.25) is 5.91 Å². The Balaban J connectivity index is 1.64. The Bertz CT molecular complexity index is 1180. The lowest BCUT2D eigenvalue weighted by Gasteiger charge is -2.28. The molecule has 172 valence electrons. The Morgan fingerprint density at radius 2 is 1.94 bits per heavy atom. The van der Waals surface area contributed by atoms with Crippen molar-refractivity contribution in [2.75, 3.05) is 6.54 Å². The number of halogens is 4. The summed E-state index contributed by atoms with van der Waals surface area (Å²) in [4.78, 5) is 24.6. The number of amides is 1. The van der Waals surface area contributed by atoms with Crippen LogP contribution < -0.4 is 0 Å². The van der Waals surface area contributed by atoms with Crippen LogP contribution in [-0.2, 0) is 19.4 Å². The van der Waals surface area contributed by atoms with Crippen molar-refractivity contribution in [2.45, 2.75) is 41.6 Å². The average molecular weight is 492 g/mol. The second kappa shape index (κ2) is 7.48. The number of benzene rings is 1. The van der Waals surface area contributed by atoms with Crippen LogP contribution in [0.5, 0.6) is 0 Å². The van der Waals surface area contributed by atoms with E-state index < -0.39 is 70.4 Å². The zero-order valence-electron chi connectivity index (χ0n) is 16.3. The summed E-state index contributed by atoms with van der Waals surface area (Å²) in [5.41, 5.74) is -2.16. The summed E-state index contributed by atoms with van der Waals surface area (Å²) in [6, 6.07) is 4.01. The molecule has 1 saturated carbocycles. The van der Waals surface area contributed by atoms with Gasteiger partial charge in [0, 0.05) is 18.9 Å². The minimum Gasteiger partial charge on any atom is -0.480 e. The number of carbonyl (C=O) groups is 2. The van der Waals surface area contributed by atoms with Crippen molar-refractivity contribution in [2.24, 2.45) is 5.41 Å². The Morgan fingerprint density at radius 1 is 1.25 bits per heavy atom. The van der Waals surface area contributed by atoms with Crippen LogP contribution in [0, 0.1) is 5.41 Å². The molecule has 1 aromatic heterocycles. The maximum atomic E-state index is 13.4. The molecule has 8 nitrogen and oxygen atoms in total. The first-order valence-corrected chi connectivity index (χ1v) is 11.4. The molecule has 1 amide bonds. The summed E-state index contributed by atoms with van der Waals surface area (Å²) < 4.78 is 68.0. The van der Waals surface area contributed by atoms with Crippen molar-refractivity contribution in [3.05, 3.63) is 41.7 Å². The molecule has 1 aromatic carbocycles. The first-order valence-electron chi connectivity index (χ1n) is 9.52. The van der Waals surface area contributed by atoms with Crippen molar-refractivity contribution in [1.29, 1.82) is 0 Å². The van der Waals surface area contributed by atoms with E-state index >= 15 is 0 Å². The van der Waals surface area contributed by atoms with E-state index in [0.717, 1.165) is 0 Å². The highest BCUT2D eigenvalue weighted by molar-refractivity contribution is 7.92. The van der Waals surface area contributed by atoms with Gasteiger partial charge in [-0.2, -0.15) is 18.3 Å². The molecule has 2 fully saturated rings. The van der Waals surface area contributed by atoms with Gasteiger partial charge >= 0.3 is 12.1 Å². The summed E-state index contributed by atoms with van der Waals surface area (Å²) >= 11 is 6.18. The predicted molar refractivity (Wildman–Crippen MR) is 105 cm³/mol.